The normalized spacial score (nSPS) is 20.9. The number of thiocarbonyl (C=S) groups is 1. The molecular formula is C28H34N4OS. The molecule has 2 fully saturated rings. The highest BCUT2D eigenvalue weighted by atomic mass is 32.1. The van der Waals surface area contributed by atoms with Crippen molar-refractivity contribution in [3.05, 3.63) is 77.4 Å². The van der Waals surface area contributed by atoms with Crippen LogP contribution in [0.3, 0.4) is 0 Å². The molecule has 0 radical (unpaired) electrons. The van der Waals surface area contributed by atoms with Crippen molar-refractivity contribution in [2.75, 3.05) is 4.90 Å². The van der Waals surface area contributed by atoms with E-state index in [9.17, 15) is 0 Å². The maximum absolute atomic E-state index is 6.21. The van der Waals surface area contributed by atoms with Crippen LogP contribution in [0.2, 0.25) is 0 Å². The molecule has 6 heteroatoms. The largest absolute Gasteiger partial charge is 0.490 e. The number of aryl methyl sites for hydroxylation is 1. The minimum absolute atomic E-state index is 0.00250. The van der Waals surface area contributed by atoms with Gasteiger partial charge in [0, 0.05) is 29.3 Å². The Morgan fingerprint density at radius 1 is 1.06 bits per heavy atom. The van der Waals surface area contributed by atoms with Crippen LogP contribution in [0.5, 0.6) is 5.75 Å². The Hall–Kier alpha value is -2.86. The molecule has 178 valence electrons. The molecule has 34 heavy (non-hydrogen) atoms. The lowest BCUT2D eigenvalue weighted by molar-refractivity contribution is 0.210. The number of nitrogens with one attached hydrogen (secondary N) is 1. The van der Waals surface area contributed by atoms with Crippen molar-refractivity contribution in [3.8, 4) is 5.75 Å². The first-order valence-corrected chi connectivity index (χ1v) is 12.8. The van der Waals surface area contributed by atoms with Gasteiger partial charge in [0.15, 0.2) is 5.11 Å². The van der Waals surface area contributed by atoms with Gasteiger partial charge < -0.3 is 19.5 Å². The third-order valence-corrected chi connectivity index (χ3v) is 7.49. The number of hydrogen-bond acceptors (Lipinski definition) is 3. The minimum atomic E-state index is -0.0378. The van der Waals surface area contributed by atoms with Crippen LogP contribution >= 0.6 is 12.2 Å². The van der Waals surface area contributed by atoms with Gasteiger partial charge in [-0.15, -0.1) is 0 Å². The fraction of sp³-hybridized carbons (Fsp3) is 0.429. The van der Waals surface area contributed by atoms with Gasteiger partial charge in [-0.1, -0.05) is 6.07 Å². The highest BCUT2D eigenvalue weighted by Gasteiger charge is 2.42. The van der Waals surface area contributed by atoms with Crippen LogP contribution in [0.1, 0.15) is 80.3 Å². The van der Waals surface area contributed by atoms with Gasteiger partial charge in [-0.25, -0.2) is 0 Å². The Kier molecular flexibility index (Phi) is 6.34. The van der Waals surface area contributed by atoms with Crippen LogP contribution in [0.15, 0.2) is 54.7 Å². The Bertz CT molecular complexity index is 1150. The maximum Gasteiger partial charge on any atom is 0.174 e. The molecule has 1 N–H and O–H groups in total. The number of benzene rings is 1. The van der Waals surface area contributed by atoms with Crippen molar-refractivity contribution in [2.45, 2.75) is 77.6 Å². The quantitative estimate of drug-likeness (QED) is 0.409. The Morgan fingerprint density at radius 3 is 2.41 bits per heavy atom. The van der Waals surface area contributed by atoms with Crippen LogP contribution in [-0.2, 0) is 0 Å². The summed E-state index contributed by atoms with van der Waals surface area (Å²) in [5, 5.41) is 4.30. The van der Waals surface area contributed by atoms with Gasteiger partial charge in [-0.3, -0.25) is 4.98 Å². The second-order valence-electron chi connectivity index (χ2n) is 9.81. The van der Waals surface area contributed by atoms with E-state index in [1.54, 1.807) is 0 Å². The van der Waals surface area contributed by atoms with Crippen molar-refractivity contribution in [2.24, 2.45) is 0 Å². The molecule has 0 unspecified atom stereocenters. The summed E-state index contributed by atoms with van der Waals surface area (Å²) in [6, 6.07) is 17.2. The lowest BCUT2D eigenvalue weighted by Gasteiger charge is -2.28. The van der Waals surface area contributed by atoms with Crippen molar-refractivity contribution >= 4 is 23.0 Å². The molecular weight excluding hydrogens is 440 g/mol. The molecule has 2 aromatic heterocycles. The Balaban J connectivity index is 1.54. The van der Waals surface area contributed by atoms with Gasteiger partial charge in [0.1, 0.15) is 5.75 Å². The summed E-state index contributed by atoms with van der Waals surface area (Å²) < 4.78 is 8.61. The smallest absolute Gasteiger partial charge is 0.174 e. The fourth-order valence-corrected chi connectivity index (χ4v) is 6.08. The number of rotatable bonds is 6. The number of anilines is 1. The zero-order valence-corrected chi connectivity index (χ0v) is 21.3. The molecule has 3 heterocycles. The molecule has 1 aromatic carbocycles. The highest BCUT2D eigenvalue weighted by molar-refractivity contribution is 7.80. The van der Waals surface area contributed by atoms with E-state index < -0.39 is 0 Å². The van der Waals surface area contributed by atoms with Crippen LogP contribution in [0.25, 0.3) is 0 Å². The molecule has 1 aliphatic carbocycles. The third kappa shape index (κ3) is 4.20. The van der Waals surface area contributed by atoms with Gasteiger partial charge in [-0.05, 0) is 114 Å². The summed E-state index contributed by atoms with van der Waals surface area (Å²) in [6.45, 7) is 8.87. The van der Waals surface area contributed by atoms with E-state index >= 15 is 0 Å². The molecule has 1 saturated heterocycles. The van der Waals surface area contributed by atoms with Crippen LogP contribution in [-0.4, -0.2) is 20.8 Å². The summed E-state index contributed by atoms with van der Waals surface area (Å²) in [7, 11) is 0. The van der Waals surface area contributed by atoms with E-state index in [4.69, 9.17) is 17.0 Å². The zero-order chi connectivity index (χ0) is 23.8. The maximum atomic E-state index is 6.21. The minimum Gasteiger partial charge on any atom is -0.490 e. The van der Waals surface area contributed by atoms with E-state index in [1.807, 2.05) is 18.3 Å². The molecule has 5 nitrogen and oxygen atoms in total. The number of aromatic nitrogens is 2. The average molecular weight is 475 g/mol. The van der Waals surface area contributed by atoms with Gasteiger partial charge in [0.05, 0.1) is 23.9 Å². The van der Waals surface area contributed by atoms with Crippen molar-refractivity contribution in [1.82, 2.24) is 14.9 Å². The lowest BCUT2D eigenvalue weighted by atomic mass is 9.96. The Labute approximate surface area is 208 Å². The SMILES string of the molecule is Cc1cc([C@@H]2[C@H](c3ccccn3)NC(=S)N2c2ccc(OC3CCCC3)cc2)c(C)n1C(C)C. The first-order chi connectivity index (χ1) is 16.4. The standard InChI is InChI=1S/C28H34N4OS/c1-18(2)31-19(3)17-24(20(31)4)27-26(25-11-7-8-16-29-25)30-28(34)32(27)21-12-14-23(15-13-21)33-22-9-5-6-10-22/h7-8,11-18,22,26-27H,5-6,9-10H2,1-4H3,(H,30,34)/t26-,27+/m0/s1. The molecule has 1 saturated carbocycles. The number of nitrogens with zero attached hydrogens (tertiary/aromatic N) is 3. The number of hydrogen-bond donors (Lipinski definition) is 1. The first-order valence-electron chi connectivity index (χ1n) is 12.4. The Morgan fingerprint density at radius 2 is 1.79 bits per heavy atom. The monoisotopic (exact) mass is 474 g/mol. The van der Waals surface area contributed by atoms with Gasteiger partial charge >= 0.3 is 0 Å². The first kappa shape index (κ1) is 22.9. The van der Waals surface area contributed by atoms with Crippen molar-refractivity contribution in [3.63, 3.8) is 0 Å². The highest BCUT2D eigenvalue weighted by Crippen LogP contribution is 2.44. The van der Waals surface area contributed by atoms with Crippen LogP contribution in [0, 0.1) is 13.8 Å². The van der Waals surface area contributed by atoms with Crippen molar-refractivity contribution in [1.29, 1.82) is 0 Å². The van der Waals surface area contributed by atoms with E-state index in [0.29, 0.717) is 12.1 Å². The zero-order valence-electron chi connectivity index (χ0n) is 20.5. The summed E-state index contributed by atoms with van der Waals surface area (Å²) >= 11 is 5.91. The summed E-state index contributed by atoms with van der Waals surface area (Å²) in [5.74, 6) is 0.935. The average Bonchev–Trinajstić information content (AvgIpc) is 3.53. The van der Waals surface area contributed by atoms with Crippen molar-refractivity contribution < 1.29 is 4.74 Å². The molecule has 0 spiro atoms. The summed E-state index contributed by atoms with van der Waals surface area (Å²) in [4.78, 5) is 6.94. The topological polar surface area (TPSA) is 42.3 Å². The van der Waals surface area contributed by atoms with Crippen LogP contribution in [0.4, 0.5) is 5.69 Å². The predicted molar refractivity (Wildman–Crippen MR) is 142 cm³/mol. The molecule has 2 aliphatic rings. The van der Waals surface area contributed by atoms with E-state index in [-0.39, 0.29) is 12.1 Å². The predicted octanol–water partition coefficient (Wildman–Crippen LogP) is 6.58. The number of pyridine rings is 1. The molecule has 3 aromatic rings. The van der Waals surface area contributed by atoms with E-state index in [0.717, 1.165) is 35.1 Å². The molecule has 0 bridgehead atoms. The molecule has 0 amide bonds. The van der Waals surface area contributed by atoms with Gasteiger partial charge in [0.2, 0.25) is 0 Å². The summed E-state index contributed by atoms with van der Waals surface area (Å²) in [6.07, 6.45) is 7.04. The second kappa shape index (κ2) is 9.41. The number of ether oxygens (including phenoxy) is 1. The summed E-state index contributed by atoms with van der Waals surface area (Å²) in [5.41, 5.74) is 5.87. The van der Waals surface area contributed by atoms with Gasteiger partial charge in [-0.2, -0.15) is 0 Å². The molecule has 2 atom stereocenters. The molecule has 1 aliphatic heterocycles. The lowest BCUT2D eigenvalue weighted by Crippen LogP contribution is -2.29. The second-order valence-corrected chi connectivity index (χ2v) is 10.2. The van der Waals surface area contributed by atoms with E-state index in [1.165, 1.54) is 29.8 Å². The van der Waals surface area contributed by atoms with Gasteiger partial charge in [0.25, 0.3) is 0 Å². The molecule has 5 rings (SSSR count). The van der Waals surface area contributed by atoms with E-state index in [2.05, 4.69) is 83.9 Å². The fourth-order valence-electron chi connectivity index (χ4n) is 5.73. The third-order valence-electron chi connectivity index (χ3n) is 7.18. The van der Waals surface area contributed by atoms with Crippen LogP contribution < -0.4 is 15.0 Å².